The average molecular weight is 469 g/mol. The van der Waals surface area contributed by atoms with Gasteiger partial charge in [-0.1, -0.05) is 40.2 Å². The van der Waals surface area contributed by atoms with Gasteiger partial charge in [-0.2, -0.15) is 0 Å². The Bertz CT molecular complexity index is 990. The number of esters is 1. The number of hydrogen-bond acceptors (Lipinski definition) is 4. The Morgan fingerprint density at radius 1 is 1.06 bits per heavy atom. The minimum Gasteiger partial charge on any atom is -0.504 e. The number of rotatable bonds is 2. The van der Waals surface area contributed by atoms with Gasteiger partial charge in [0.05, 0.1) is 12.5 Å². The summed E-state index contributed by atoms with van der Waals surface area (Å²) in [5, 5.41) is 10.6. The summed E-state index contributed by atoms with van der Waals surface area (Å²) < 4.78 is 5.47. The van der Waals surface area contributed by atoms with E-state index in [-0.39, 0.29) is 39.2 Å². The molecule has 1 unspecified atom stereocenters. The number of hydrogen-bond donors (Lipinski definition) is 1. The first kappa shape index (κ1) is 24.1. The highest BCUT2D eigenvalue weighted by atomic mass is 16.5. The molecule has 4 fully saturated rings. The number of carbonyl (C=O) groups excluding carboxylic acids is 2. The van der Waals surface area contributed by atoms with E-state index in [1.807, 2.05) is 13.0 Å². The van der Waals surface area contributed by atoms with Crippen LogP contribution < -0.4 is 0 Å². The Hall–Kier alpha value is -1.58. The Balaban J connectivity index is 1.60. The molecule has 0 aromatic carbocycles. The number of aliphatic hydroxyl groups excluding tert-OH is 1. The molecule has 5 aliphatic rings. The van der Waals surface area contributed by atoms with Crippen LogP contribution in [0.15, 0.2) is 23.0 Å². The number of ether oxygens (including phenoxy) is 1. The Labute approximate surface area is 205 Å². The molecule has 8 atom stereocenters. The van der Waals surface area contributed by atoms with Gasteiger partial charge < -0.3 is 9.84 Å². The van der Waals surface area contributed by atoms with E-state index in [1.165, 1.54) is 5.57 Å². The lowest BCUT2D eigenvalue weighted by Gasteiger charge is -2.69. The molecule has 4 saturated carbocycles. The van der Waals surface area contributed by atoms with Crippen molar-refractivity contribution in [2.75, 3.05) is 7.11 Å². The molecule has 0 aliphatic heterocycles. The topological polar surface area (TPSA) is 63.6 Å². The number of methoxy groups -OCH3 is 1. The minimum atomic E-state index is -0.313. The van der Waals surface area contributed by atoms with Gasteiger partial charge in [-0.05, 0) is 105 Å². The smallest absolute Gasteiger partial charge is 0.312 e. The summed E-state index contributed by atoms with van der Waals surface area (Å²) in [4.78, 5) is 25.9. The van der Waals surface area contributed by atoms with Crippen LogP contribution in [0.5, 0.6) is 0 Å². The molecule has 0 saturated heterocycles. The fraction of sp³-hybridized carbons (Fsp3) is 0.800. The van der Waals surface area contributed by atoms with E-state index in [0.717, 1.165) is 56.9 Å². The van der Waals surface area contributed by atoms with Crippen LogP contribution in [0, 0.1) is 51.2 Å². The van der Waals surface area contributed by atoms with Crippen LogP contribution in [0.1, 0.15) is 92.9 Å². The lowest BCUT2D eigenvalue weighted by Crippen LogP contribution is -2.64. The van der Waals surface area contributed by atoms with Gasteiger partial charge in [0, 0.05) is 11.0 Å². The molecule has 0 bridgehead atoms. The van der Waals surface area contributed by atoms with Crippen LogP contribution in [0.25, 0.3) is 0 Å². The second-order valence-corrected chi connectivity index (χ2v) is 13.4. The van der Waals surface area contributed by atoms with Crippen LogP contribution in [-0.4, -0.2) is 24.0 Å². The third kappa shape index (κ3) is 2.72. The Kier molecular flexibility index (Phi) is 5.30. The largest absolute Gasteiger partial charge is 0.504 e. The van der Waals surface area contributed by atoms with E-state index < -0.39 is 0 Å². The summed E-state index contributed by atoms with van der Waals surface area (Å²) in [6, 6.07) is 0. The van der Waals surface area contributed by atoms with Crippen LogP contribution >= 0.6 is 0 Å². The average Bonchev–Trinajstić information content (AvgIpc) is 3.18. The first-order valence-electron chi connectivity index (χ1n) is 13.6. The van der Waals surface area contributed by atoms with Crippen LogP contribution in [0.3, 0.4) is 0 Å². The molecule has 34 heavy (non-hydrogen) atoms. The van der Waals surface area contributed by atoms with Crippen molar-refractivity contribution >= 4 is 11.8 Å². The van der Waals surface area contributed by atoms with Crippen molar-refractivity contribution in [3.8, 4) is 0 Å². The molecular formula is C30H44O4. The minimum absolute atomic E-state index is 0.0325. The fourth-order valence-corrected chi connectivity index (χ4v) is 10.5. The highest BCUT2D eigenvalue weighted by Gasteiger charge is 2.70. The van der Waals surface area contributed by atoms with Crippen LogP contribution in [0.2, 0.25) is 0 Å². The summed E-state index contributed by atoms with van der Waals surface area (Å²) in [7, 11) is 1.57. The van der Waals surface area contributed by atoms with Crippen molar-refractivity contribution in [2.45, 2.75) is 92.9 Å². The number of fused-ring (bicyclic) bond motifs is 7. The zero-order valence-electron chi connectivity index (χ0n) is 22.3. The number of carbonyl (C=O) groups is 2. The van der Waals surface area contributed by atoms with Gasteiger partial charge in [-0.25, -0.2) is 0 Å². The van der Waals surface area contributed by atoms with Crippen molar-refractivity contribution in [1.29, 1.82) is 0 Å². The predicted octanol–water partition coefficient (Wildman–Crippen LogP) is 6.80. The monoisotopic (exact) mass is 468 g/mol. The zero-order valence-corrected chi connectivity index (χ0v) is 22.3. The first-order valence-corrected chi connectivity index (χ1v) is 13.6. The quantitative estimate of drug-likeness (QED) is 0.453. The lowest BCUT2D eigenvalue weighted by molar-refractivity contribution is -0.204. The molecule has 0 amide bonds. The van der Waals surface area contributed by atoms with Gasteiger partial charge >= 0.3 is 5.97 Å². The van der Waals surface area contributed by atoms with Crippen molar-refractivity contribution < 1.29 is 19.4 Å². The molecule has 0 aromatic rings. The Morgan fingerprint density at radius 2 is 1.76 bits per heavy atom. The van der Waals surface area contributed by atoms with Gasteiger partial charge in [0.1, 0.15) is 0 Å². The Morgan fingerprint density at radius 3 is 2.41 bits per heavy atom. The maximum absolute atomic E-state index is 13.3. The first-order chi connectivity index (χ1) is 15.9. The molecular weight excluding hydrogens is 424 g/mol. The molecule has 1 N–H and O–H groups in total. The highest BCUT2D eigenvalue weighted by Crippen LogP contribution is 2.76. The van der Waals surface area contributed by atoms with E-state index in [0.29, 0.717) is 29.6 Å². The summed E-state index contributed by atoms with van der Waals surface area (Å²) in [6.45, 7) is 13.9. The molecule has 188 valence electrons. The standard InChI is InChI=1S/C30H44O4/c1-17(2)19-10-13-30(26(33)34-7)15-14-28(5)21(24(19)30)8-9-23-27(4)16-22(31)25(32)18(3)20(27)11-12-29(23,28)6/h16-17,19,21,23-24,31H,8-15H2,1-7H3/t19-,21?,23+,24+,27-,28+,29+,30-/m0/s1. The van der Waals surface area contributed by atoms with E-state index in [4.69, 9.17) is 4.74 Å². The number of Topliss-reactive ketones (excluding diaryl/α,β-unsaturated/α-hetero) is 1. The second-order valence-electron chi connectivity index (χ2n) is 13.4. The summed E-state index contributed by atoms with van der Waals surface area (Å²) in [5.74, 6) is 2.19. The van der Waals surface area contributed by atoms with Gasteiger partial charge in [0.15, 0.2) is 5.76 Å². The van der Waals surface area contributed by atoms with Gasteiger partial charge in [0.25, 0.3) is 0 Å². The number of ketones is 1. The van der Waals surface area contributed by atoms with E-state index in [1.54, 1.807) is 7.11 Å². The van der Waals surface area contributed by atoms with Gasteiger partial charge in [0.2, 0.25) is 5.78 Å². The maximum atomic E-state index is 13.3. The second kappa shape index (κ2) is 7.46. The zero-order chi connectivity index (χ0) is 24.8. The number of aliphatic hydroxyl groups is 1. The lowest BCUT2D eigenvalue weighted by atomic mass is 9.34. The molecule has 4 nitrogen and oxygen atoms in total. The SMILES string of the molecule is COC(=O)[C@]12CC[C@@H](C(C)C)[C@@H]1C1CC[C@@H]3[C@@]4(C)C=C(O)C(=O)C(C)=C4CC[C@@]3(C)[C@]1(C)CC2. The molecule has 5 rings (SSSR count). The van der Waals surface area contributed by atoms with Crippen LogP contribution in [0.4, 0.5) is 0 Å². The van der Waals surface area contributed by atoms with Crippen molar-refractivity contribution in [2.24, 2.45) is 51.2 Å². The van der Waals surface area contributed by atoms with Crippen molar-refractivity contribution in [3.05, 3.63) is 23.0 Å². The summed E-state index contributed by atoms with van der Waals surface area (Å²) in [6.07, 6.45) is 10.2. The van der Waals surface area contributed by atoms with Crippen molar-refractivity contribution in [1.82, 2.24) is 0 Å². The summed E-state index contributed by atoms with van der Waals surface area (Å²) >= 11 is 0. The van der Waals surface area contributed by atoms with E-state index in [9.17, 15) is 14.7 Å². The van der Waals surface area contributed by atoms with Crippen molar-refractivity contribution in [3.63, 3.8) is 0 Å². The fourth-order valence-electron chi connectivity index (χ4n) is 10.5. The molecule has 4 heteroatoms. The molecule has 5 aliphatic carbocycles. The molecule has 0 spiro atoms. The van der Waals surface area contributed by atoms with E-state index >= 15 is 0 Å². The third-order valence-corrected chi connectivity index (χ3v) is 12.4. The summed E-state index contributed by atoms with van der Waals surface area (Å²) in [5.41, 5.74) is 1.65. The predicted molar refractivity (Wildman–Crippen MR) is 133 cm³/mol. The maximum Gasteiger partial charge on any atom is 0.312 e. The number of allylic oxidation sites excluding steroid dienone is 3. The normalized spacial score (nSPS) is 48.0. The van der Waals surface area contributed by atoms with Crippen LogP contribution in [-0.2, 0) is 14.3 Å². The van der Waals surface area contributed by atoms with Gasteiger partial charge in [-0.3, -0.25) is 9.59 Å². The third-order valence-electron chi connectivity index (χ3n) is 12.4. The van der Waals surface area contributed by atoms with Gasteiger partial charge in [-0.15, -0.1) is 0 Å². The molecule has 0 aromatic heterocycles. The highest BCUT2D eigenvalue weighted by molar-refractivity contribution is 6.08. The van der Waals surface area contributed by atoms with E-state index in [2.05, 4.69) is 34.6 Å². The molecule has 0 heterocycles. The molecule has 0 radical (unpaired) electrons.